The number of halogens is 1. The van der Waals surface area contributed by atoms with Gasteiger partial charge in [0.25, 0.3) is 5.91 Å². The first-order valence-corrected chi connectivity index (χ1v) is 7.16. The van der Waals surface area contributed by atoms with E-state index in [0.717, 1.165) is 19.4 Å². The average Bonchev–Trinajstić information content (AvgIpc) is 2.98. The Morgan fingerprint density at radius 1 is 1.57 bits per heavy atom. The van der Waals surface area contributed by atoms with Crippen molar-refractivity contribution in [1.82, 2.24) is 10.3 Å². The van der Waals surface area contributed by atoms with Crippen molar-refractivity contribution in [2.45, 2.75) is 32.0 Å². The molecule has 0 radical (unpaired) electrons. The Balaban J connectivity index is 1.79. The number of amides is 1. The van der Waals surface area contributed by atoms with Gasteiger partial charge in [-0.05, 0) is 31.9 Å². The lowest BCUT2D eigenvalue weighted by Gasteiger charge is -2.15. The third-order valence-corrected chi connectivity index (χ3v) is 3.37. The molecule has 114 valence electrons. The van der Waals surface area contributed by atoms with Crippen LogP contribution in [0.2, 0.25) is 5.15 Å². The molecule has 0 saturated carbocycles. The Hall–Kier alpha value is -1.66. The average molecular weight is 313 g/mol. The molecule has 2 rings (SSSR count). The van der Waals surface area contributed by atoms with Gasteiger partial charge in [0.2, 0.25) is 0 Å². The molecule has 0 bridgehead atoms. The standard InChI is InChI=1S/C14H17ClN2O4/c1-9(13(18)17-8-11-3-2-6-20-11)21-14(19)10-4-5-12(15)16-7-10/h4-5,7,9,11H,2-3,6,8H2,1H3,(H,17,18). The van der Waals surface area contributed by atoms with Crippen LogP contribution >= 0.6 is 11.6 Å². The first-order valence-electron chi connectivity index (χ1n) is 6.78. The predicted molar refractivity (Wildman–Crippen MR) is 76.1 cm³/mol. The fraction of sp³-hybridized carbons (Fsp3) is 0.500. The summed E-state index contributed by atoms with van der Waals surface area (Å²) in [4.78, 5) is 27.4. The number of pyridine rings is 1. The Morgan fingerprint density at radius 3 is 3.00 bits per heavy atom. The van der Waals surface area contributed by atoms with Gasteiger partial charge in [-0.2, -0.15) is 0 Å². The van der Waals surface area contributed by atoms with Gasteiger partial charge in [-0.15, -0.1) is 0 Å². The lowest BCUT2D eigenvalue weighted by molar-refractivity contribution is -0.129. The Kier molecular flexibility index (Phi) is 5.52. The van der Waals surface area contributed by atoms with Crippen LogP contribution in [0, 0.1) is 0 Å². The second kappa shape index (κ2) is 7.38. The van der Waals surface area contributed by atoms with Crippen LogP contribution in [0.3, 0.4) is 0 Å². The van der Waals surface area contributed by atoms with Gasteiger partial charge in [-0.1, -0.05) is 11.6 Å². The number of aromatic nitrogens is 1. The topological polar surface area (TPSA) is 77.5 Å². The monoisotopic (exact) mass is 312 g/mol. The van der Waals surface area contributed by atoms with E-state index in [4.69, 9.17) is 21.1 Å². The first-order chi connectivity index (χ1) is 10.1. The lowest BCUT2D eigenvalue weighted by Crippen LogP contribution is -2.39. The van der Waals surface area contributed by atoms with Crippen LogP contribution in [0.15, 0.2) is 18.3 Å². The van der Waals surface area contributed by atoms with Crippen molar-refractivity contribution >= 4 is 23.5 Å². The minimum Gasteiger partial charge on any atom is -0.449 e. The molecule has 2 heterocycles. The molecule has 0 aliphatic carbocycles. The molecular formula is C14H17ClN2O4. The zero-order valence-electron chi connectivity index (χ0n) is 11.7. The van der Waals surface area contributed by atoms with Gasteiger partial charge < -0.3 is 14.8 Å². The molecule has 7 heteroatoms. The quantitative estimate of drug-likeness (QED) is 0.659. The van der Waals surface area contributed by atoms with Gasteiger partial charge in [0, 0.05) is 19.3 Å². The molecule has 1 amide bonds. The number of ether oxygens (including phenoxy) is 2. The molecule has 1 aromatic rings. The van der Waals surface area contributed by atoms with Crippen molar-refractivity contribution in [2.24, 2.45) is 0 Å². The third kappa shape index (κ3) is 4.68. The summed E-state index contributed by atoms with van der Waals surface area (Å²) in [6.07, 6.45) is 2.42. The number of nitrogens with one attached hydrogen (secondary N) is 1. The largest absolute Gasteiger partial charge is 0.449 e. The molecule has 6 nitrogen and oxygen atoms in total. The van der Waals surface area contributed by atoms with E-state index >= 15 is 0 Å². The number of hydrogen-bond acceptors (Lipinski definition) is 5. The summed E-state index contributed by atoms with van der Waals surface area (Å²) in [6.45, 7) is 2.68. The lowest BCUT2D eigenvalue weighted by atomic mass is 10.2. The SMILES string of the molecule is CC(OC(=O)c1ccc(Cl)nc1)C(=O)NCC1CCCO1. The Labute approximate surface area is 127 Å². The van der Waals surface area contributed by atoms with Crippen molar-refractivity contribution in [3.05, 3.63) is 29.0 Å². The molecule has 0 spiro atoms. The summed E-state index contributed by atoms with van der Waals surface area (Å²) in [5, 5.41) is 3.00. The first kappa shape index (κ1) is 15.7. The van der Waals surface area contributed by atoms with E-state index in [1.54, 1.807) is 0 Å². The van der Waals surface area contributed by atoms with Crippen molar-refractivity contribution in [2.75, 3.05) is 13.2 Å². The highest BCUT2D eigenvalue weighted by molar-refractivity contribution is 6.29. The molecule has 1 fully saturated rings. The van der Waals surface area contributed by atoms with Crippen molar-refractivity contribution in [3.63, 3.8) is 0 Å². The van der Waals surface area contributed by atoms with E-state index in [9.17, 15) is 9.59 Å². The smallest absolute Gasteiger partial charge is 0.340 e. The predicted octanol–water partition coefficient (Wildman–Crippen LogP) is 1.58. The van der Waals surface area contributed by atoms with Gasteiger partial charge in [0.1, 0.15) is 5.15 Å². The van der Waals surface area contributed by atoms with Gasteiger partial charge in [0.15, 0.2) is 6.10 Å². The van der Waals surface area contributed by atoms with Crippen LogP contribution in [0.5, 0.6) is 0 Å². The minimum atomic E-state index is -0.880. The van der Waals surface area contributed by atoms with Gasteiger partial charge in [0.05, 0.1) is 11.7 Å². The number of hydrogen-bond donors (Lipinski definition) is 1. The van der Waals surface area contributed by atoms with Gasteiger partial charge in [-0.3, -0.25) is 4.79 Å². The Morgan fingerprint density at radius 2 is 2.38 bits per heavy atom. The van der Waals surface area contributed by atoms with E-state index in [1.807, 2.05) is 0 Å². The molecular weight excluding hydrogens is 296 g/mol. The third-order valence-electron chi connectivity index (χ3n) is 3.14. The molecule has 1 aromatic heterocycles. The fourth-order valence-corrected chi connectivity index (χ4v) is 2.05. The summed E-state index contributed by atoms with van der Waals surface area (Å²) >= 11 is 5.64. The van der Waals surface area contributed by atoms with E-state index < -0.39 is 12.1 Å². The molecule has 2 unspecified atom stereocenters. The second-order valence-electron chi connectivity index (χ2n) is 4.80. The maximum Gasteiger partial charge on any atom is 0.340 e. The van der Waals surface area contributed by atoms with E-state index in [-0.39, 0.29) is 22.7 Å². The van der Waals surface area contributed by atoms with Crippen LogP contribution in [0.4, 0.5) is 0 Å². The molecule has 21 heavy (non-hydrogen) atoms. The molecule has 1 saturated heterocycles. The van der Waals surface area contributed by atoms with E-state index in [1.165, 1.54) is 25.3 Å². The fourth-order valence-electron chi connectivity index (χ4n) is 1.94. The van der Waals surface area contributed by atoms with Crippen molar-refractivity contribution < 1.29 is 19.1 Å². The van der Waals surface area contributed by atoms with Gasteiger partial charge in [-0.25, -0.2) is 9.78 Å². The molecule has 0 aromatic carbocycles. The number of nitrogens with zero attached hydrogens (tertiary/aromatic N) is 1. The van der Waals surface area contributed by atoms with Crippen LogP contribution in [0.25, 0.3) is 0 Å². The van der Waals surface area contributed by atoms with Crippen LogP contribution < -0.4 is 5.32 Å². The normalized spacial score (nSPS) is 19.0. The highest BCUT2D eigenvalue weighted by Gasteiger charge is 2.21. The number of esters is 1. The summed E-state index contributed by atoms with van der Waals surface area (Å²) in [5.41, 5.74) is 0.248. The summed E-state index contributed by atoms with van der Waals surface area (Å²) in [7, 11) is 0. The minimum absolute atomic E-state index is 0.0531. The van der Waals surface area contributed by atoms with Crippen molar-refractivity contribution in [3.8, 4) is 0 Å². The van der Waals surface area contributed by atoms with Crippen LogP contribution in [-0.2, 0) is 14.3 Å². The molecule has 1 aliphatic heterocycles. The number of rotatable bonds is 5. The molecule has 1 N–H and O–H groups in total. The second-order valence-corrected chi connectivity index (χ2v) is 5.18. The highest BCUT2D eigenvalue weighted by Crippen LogP contribution is 2.11. The highest BCUT2D eigenvalue weighted by atomic mass is 35.5. The summed E-state index contributed by atoms with van der Waals surface area (Å²) in [5.74, 6) is -0.959. The van der Waals surface area contributed by atoms with Crippen LogP contribution in [0.1, 0.15) is 30.1 Å². The zero-order valence-corrected chi connectivity index (χ0v) is 12.4. The summed E-state index contributed by atoms with van der Waals surface area (Å²) in [6, 6.07) is 2.98. The molecule has 2 atom stereocenters. The summed E-state index contributed by atoms with van der Waals surface area (Å²) < 4.78 is 10.5. The maximum absolute atomic E-state index is 11.8. The van der Waals surface area contributed by atoms with E-state index in [2.05, 4.69) is 10.3 Å². The van der Waals surface area contributed by atoms with E-state index in [0.29, 0.717) is 6.54 Å². The Bertz CT molecular complexity index is 500. The molecule has 1 aliphatic rings. The van der Waals surface area contributed by atoms with Gasteiger partial charge >= 0.3 is 5.97 Å². The number of carbonyl (C=O) groups excluding carboxylic acids is 2. The van der Waals surface area contributed by atoms with Crippen LogP contribution in [-0.4, -0.2) is 42.2 Å². The zero-order chi connectivity index (χ0) is 15.2. The number of carbonyl (C=O) groups is 2. The van der Waals surface area contributed by atoms with Crippen molar-refractivity contribution in [1.29, 1.82) is 0 Å². The maximum atomic E-state index is 11.8.